The third kappa shape index (κ3) is 1.88. The molecule has 0 aliphatic heterocycles. The van der Waals surface area contributed by atoms with Crippen molar-refractivity contribution in [2.45, 2.75) is 26.4 Å². The Kier molecular flexibility index (Phi) is 3.12. The maximum absolute atomic E-state index is 10.1. The van der Waals surface area contributed by atoms with Crippen LogP contribution in [-0.4, -0.2) is 15.3 Å². The molecule has 3 rings (SSSR count). The normalized spacial score (nSPS) is 12.4. The summed E-state index contributed by atoms with van der Waals surface area (Å²) in [5.74, 6) is 2.90. The first-order valence-corrected chi connectivity index (χ1v) is 6.85. The number of benzene rings is 2. The molecular formula is C18H16O3. The number of hydrogen-bond donors (Lipinski definition) is 3. The van der Waals surface area contributed by atoms with Gasteiger partial charge in [-0.05, 0) is 59.7 Å². The van der Waals surface area contributed by atoms with E-state index in [0.717, 1.165) is 40.7 Å². The van der Waals surface area contributed by atoms with E-state index in [0.29, 0.717) is 11.1 Å². The van der Waals surface area contributed by atoms with Gasteiger partial charge in [0, 0.05) is 11.1 Å². The van der Waals surface area contributed by atoms with E-state index >= 15 is 0 Å². The molecule has 1 aliphatic rings. The van der Waals surface area contributed by atoms with Gasteiger partial charge in [0.25, 0.3) is 0 Å². The van der Waals surface area contributed by atoms with E-state index in [4.69, 9.17) is 6.42 Å². The highest BCUT2D eigenvalue weighted by atomic mass is 16.3. The van der Waals surface area contributed by atoms with E-state index in [9.17, 15) is 15.3 Å². The van der Waals surface area contributed by atoms with Crippen molar-refractivity contribution in [2.24, 2.45) is 0 Å². The Labute approximate surface area is 123 Å². The van der Waals surface area contributed by atoms with E-state index in [1.165, 1.54) is 0 Å². The first-order chi connectivity index (χ1) is 10.1. The highest BCUT2D eigenvalue weighted by molar-refractivity contribution is 5.80. The first kappa shape index (κ1) is 13.5. The summed E-state index contributed by atoms with van der Waals surface area (Å²) in [6.07, 6.45) is 7.10. The fraction of sp³-hybridized carbons (Fsp3) is 0.222. The summed E-state index contributed by atoms with van der Waals surface area (Å²) in [5.41, 5.74) is 5.81. The molecule has 3 heteroatoms. The third-order valence-corrected chi connectivity index (χ3v) is 4.31. The van der Waals surface area contributed by atoms with Crippen molar-refractivity contribution in [2.75, 3.05) is 0 Å². The van der Waals surface area contributed by atoms with Gasteiger partial charge in [0.05, 0.1) is 6.61 Å². The molecule has 21 heavy (non-hydrogen) atoms. The minimum absolute atomic E-state index is 0.0165. The predicted molar refractivity (Wildman–Crippen MR) is 81.2 cm³/mol. The number of aromatic hydroxyl groups is 2. The van der Waals surface area contributed by atoms with E-state index in [1.54, 1.807) is 12.1 Å². The summed E-state index contributed by atoms with van der Waals surface area (Å²) in [4.78, 5) is 0. The largest absolute Gasteiger partial charge is 0.508 e. The first-order valence-electron chi connectivity index (χ1n) is 6.85. The molecule has 0 unspecified atom stereocenters. The zero-order valence-electron chi connectivity index (χ0n) is 11.8. The van der Waals surface area contributed by atoms with E-state index in [2.05, 4.69) is 5.92 Å². The Morgan fingerprint density at radius 1 is 1.10 bits per heavy atom. The maximum Gasteiger partial charge on any atom is 0.122 e. The van der Waals surface area contributed by atoms with E-state index < -0.39 is 0 Å². The van der Waals surface area contributed by atoms with Crippen LogP contribution in [-0.2, 0) is 19.4 Å². The quantitative estimate of drug-likeness (QED) is 0.704. The van der Waals surface area contributed by atoms with Crippen LogP contribution in [0.5, 0.6) is 11.5 Å². The molecule has 0 radical (unpaired) electrons. The number of fused-ring (bicyclic) bond motifs is 3. The molecule has 0 fully saturated rings. The van der Waals surface area contributed by atoms with Gasteiger partial charge in [-0.3, -0.25) is 0 Å². The summed E-state index contributed by atoms with van der Waals surface area (Å²) in [7, 11) is 0. The van der Waals surface area contributed by atoms with Crippen LogP contribution in [0.2, 0.25) is 0 Å². The monoisotopic (exact) mass is 280 g/mol. The van der Waals surface area contributed by atoms with Crippen molar-refractivity contribution in [1.82, 2.24) is 0 Å². The third-order valence-electron chi connectivity index (χ3n) is 4.31. The Bertz CT molecular complexity index is 782. The van der Waals surface area contributed by atoms with E-state index in [-0.39, 0.29) is 18.1 Å². The number of aliphatic hydroxyl groups is 1. The van der Waals surface area contributed by atoms with Gasteiger partial charge in [0.2, 0.25) is 0 Å². The number of phenols is 2. The van der Waals surface area contributed by atoms with E-state index in [1.807, 2.05) is 13.0 Å². The zero-order valence-corrected chi connectivity index (χ0v) is 11.8. The Morgan fingerprint density at radius 2 is 1.81 bits per heavy atom. The molecule has 2 aromatic rings. The van der Waals surface area contributed by atoms with Gasteiger partial charge in [-0.25, -0.2) is 0 Å². The number of terminal acetylenes is 1. The molecule has 2 aromatic carbocycles. The van der Waals surface area contributed by atoms with Gasteiger partial charge in [0.1, 0.15) is 11.5 Å². The molecule has 0 saturated carbocycles. The number of hydrogen-bond acceptors (Lipinski definition) is 3. The van der Waals surface area contributed by atoms with Crippen LogP contribution in [0.15, 0.2) is 18.2 Å². The van der Waals surface area contributed by atoms with Gasteiger partial charge in [0.15, 0.2) is 0 Å². The fourth-order valence-corrected chi connectivity index (χ4v) is 3.16. The van der Waals surface area contributed by atoms with Gasteiger partial charge >= 0.3 is 0 Å². The zero-order chi connectivity index (χ0) is 15.1. The van der Waals surface area contributed by atoms with Crippen LogP contribution in [0.4, 0.5) is 0 Å². The average Bonchev–Trinajstić information content (AvgIpc) is 2.49. The topological polar surface area (TPSA) is 60.7 Å². The van der Waals surface area contributed by atoms with Crippen molar-refractivity contribution in [3.8, 4) is 35.0 Å². The smallest absolute Gasteiger partial charge is 0.122 e. The fourth-order valence-electron chi connectivity index (χ4n) is 3.16. The lowest BCUT2D eigenvalue weighted by atomic mass is 9.80. The molecule has 0 bridgehead atoms. The molecule has 0 aromatic heterocycles. The molecule has 0 heterocycles. The average molecular weight is 280 g/mol. The molecule has 0 amide bonds. The van der Waals surface area contributed by atoms with Gasteiger partial charge in [-0.2, -0.15) is 0 Å². The van der Waals surface area contributed by atoms with Gasteiger partial charge in [-0.15, -0.1) is 6.42 Å². The molecule has 0 saturated heterocycles. The second kappa shape index (κ2) is 4.83. The number of aliphatic hydroxyl groups excluding tert-OH is 1. The molecule has 3 nitrogen and oxygen atoms in total. The van der Waals surface area contributed by atoms with Crippen LogP contribution >= 0.6 is 0 Å². The minimum Gasteiger partial charge on any atom is -0.508 e. The summed E-state index contributed by atoms with van der Waals surface area (Å²) in [5, 5.41) is 29.4. The number of phenolic OH excluding ortho intramolecular Hbond substituents is 1. The lowest BCUT2D eigenvalue weighted by molar-refractivity contribution is 0.275. The van der Waals surface area contributed by atoms with Crippen LogP contribution in [0.1, 0.15) is 27.8 Å². The molecule has 1 aliphatic carbocycles. The lowest BCUT2D eigenvalue weighted by Crippen LogP contribution is -2.10. The van der Waals surface area contributed by atoms with Crippen molar-refractivity contribution in [3.63, 3.8) is 0 Å². The summed E-state index contributed by atoms with van der Waals surface area (Å²) in [6.45, 7) is 1.61. The van der Waals surface area contributed by atoms with Gasteiger partial charge < -0.3 is 15.3 Å². The van der Waals surface area contributed by atoms with Crippen molar-refractivity contribution >= 4 is 0 Å². The Morgan fingerprint density at radius 3 is 2.48 bits per heavy atom. The SMILES string of the molecule is C#Cc1c(CO)c(O)cc2c1CCc1c-2ccc(O)c1C. The molecule has 0 atom stereocenters. The summed E-state index contributed by atoms with van der Waals surface area (Å²) < 4.78 is 0. The lowest BCUT2D eigenvalue weighted by Gasteiger charge is -2.25. The second-order valence-electron chi connectivity index (χ2n) is 5.31. The van der Waals surface area contributed by atoms with Gasteiger partial charge in [-0.1, -0.05) is 12.0 Å². The molecule has 0 spiro atoms. The van der Waals surface area contributed by atoms with Crippen LogP contribution in [0.3, 0.4) is 0 Å². The van der Waals surface area contributed by atoms with Crippen LogP contribution in [0.25, 0.3) is 11.1 Å². The highest BCUT2D eigenvalue weighted by Crippen LogP contribution is 2.42. The van der Waals surface area contributed by atoms with Crippen molar-refractivity contribution in [1.29, 1.82) is 0 Å². The second-order valence-corrected chi connectivity index (χ2v) is 5.31. The van der Waals surface area contributed by atoms with Crippen molar-refractivity contribution in [3.05, 3.63) is 46.0 Å². The molecular weight excluding hydrogens is 264 g/mol. The summed E-state index contributed by atoms with van der Waals surface area (Å²) >= 11 is 0. The Balaban J connectivity index is 2.35. The standard InChI is InChI=1S/C18H16O3/c1-3-11-13-5-4-12-10(2)17(20)7-6-14(12)15(13)8-18(21)16(11)9-19/h1,6-8,19-21H,4-5,9H2,2H3. The minimum atomic E-state index is -0.278. The highest BCUT2D eigenvalue weighted by Gasteiger charge is 2.24. The van der Waals surface area contributed by atoms with Crippen LogP contribution < -0.4 is 0 Å². The van der Waals surface area contributed by atoms with Crippen LogP contribution in [0, 0.1) is 19.3 Å². The predicted octanol–water partition coefficient (Wildman–Crippen LogP) is 2.65. The van der Waals surface area contributed by atoms with Crippen molar-refractivity contribution < 1.29 is 15.3 Å². The number of rotatable bonds is 1. The molecule has 3 N–H and O–H groups in total. The maximum atomic E-state index is 10.1. The summed E-state index contributed by atoms with van der Waals surface area (Å²) in [6, 6.07) is 5.18. The molecule has 106 valence electrons. The Hall–Kier alpha value is -2.44.